The molecule has 1 N–H and O–H groups in total. The summed E-state index contributed by atoms with van der Waals surface area (Å²) < 4.78 is 0. The van der Waals surface area contributed by atoms with Crippen molar-refractivity contribution in [3.63, 3.8) is 0 Å². The molecule has 0 aliphatic heterocycles. The van der Waals surface area contributed by atoms with Gasteiger partial charge in [0.1, 0.15) is 6.04 Å². The van der Waals surface area contributed by atoms with E-state index in [2.05, 4.69) is 11.4 Å². The van der Waals surface area contributed by atoms with E-state index in [-0.39, 0.29) is 12.3 Å². The van der Waals surface area contributed by atoms with Crippen molar-refractivity contribution in [2.24, 2.45) is 0 Å². The normalized spacial score (nSPS) is 11.8. The number of carbonyl (C=O) groups is 2. The molecule has 3 aromatic rings. The van der Waals surface area contributed by atoms with E-state index < -0.39 is 12.0 Å². The number of hydrogen-bond donors (Lipinski definition) is 1. The first-order valence-electron chi connectivity index (χ1n) is 9.05. The summed E-state index contributed by atoms with van der Waals surface area (Å²) in [7, 11) is 1.55. The van der Waals surface area contributed by atoms with E-state index in [1.165, 1.54) is 4.90 Å². The van der Waals surface area contributed by atoms with Gasteiger partial charge >= 0.3 is 5.97 Å². The number of likely N-dealkylation sites (N-methyl/N-ethyl adjacent to an activating group) is 1. The van der Waals surface area contributed by atoms with Crippen LogP contribution in [0.5, 0.6) is 0 Å². The molecule has 3 rings (SSSR count). The lowest BCUT2D eigenvalue weighted by molar-refractivity contribution is -0.141. The molecule has 0 spiro atoms. The van der Waals surface area contributed by atoms with E-state index >= 15 is 0 Å². The Morgan fingerprint density at radius 3 is 2.18 bits per heavy atom. The van der Waals surface area contributed by atoms with Gasteiger partial charge in [-0.3, -0.25) is 4.79 Å². The van der Waals surface area contributed by atoms with E-state index in [0.29, 0.717) is 5.56 Å². The van der Waals surface area contributed by atoms with Crippen LogP contribution >= 0.6 is 11.3 Å². The smallest absolute Gasteiger partial charge is 0.326 e. The second-order valence-electron chi connectivity index (χ2n) is 7.06. The van der Waals surface area contributed by atoms with Crippen LogP contribution in [-0.4, -0.2) is 35.0 Å². The zero-order chi connectivity index (χ0) is 20.3. The van der Waals surface area contributed by atoms with E-state index in [4.69, 9.17) is 0 Å². The van der Waals surface area contributed by atoms with Crippen molar-refractivity contribution in [3.8, 4) is 11.1 Å². The number of carboxylic acids is 1. The monoisotopic (exact) mass is 393 g/mol. The van der Waals surface area contributed by atoms with Gasteiger partial charge in [-0.25, -0.2) is 4.79 Å². The number of hydrogen-bond acceptors (Lipinski definition) is 3. The summed E-state index contributed by atoms with van der Waals surface area (Å²) >= 11 is 1.64. The lowest BCUT2D eigenvalue weighted by Crippen LogP contribution is -2.43. The van der Waals surface area contributed by atoms with Gasteiger partial charge in [0.15, 0.2) is 0 Å². The quantitative estimate of drug-likeness (QED) is 0.654. The summed E-state index contributed by atoms with van der Waals surface area (Å²) in [5.74, 6) is -1.30. The Balaban J connectivity index is 1.79. The molecular weight excluding hydrogens is 370 g/mol. The standard InChI is InChI=1S/C23H23NO3S/c1-15-10-16(2)12-20(11-15)22(25)24(3)21(23(26)27)13-17-4-6-18(7-5-17)19-8-9-28-14-19/h4-12,14,21H,13H2,1-3H3,(H,26,27)/t21-/m0/s1. The maximum atomic E-state index is 12.9. The van der Waals surface area contributed by atoms with Crippen LogP contribution in [0, 0.1) is 13.8 Å². The van der Waals surface area contributed by atoms with Gasteiger partial charge < -0.3 is 10.0 Å². The largest absolute Gasteiger partial charge is 0.480 e. The molecule has 1 aromatic heterocycles. The molecule has 0 saturated carbocycles. The summed E-state index contributed by atoms with van der Waals surface area (Å²) in [4.78, 5) is 26.1. The van der Waals surface area contributed by atoms with E-state index in [1.54, 1.807) is 30.5 Å². The highest BCUT2D eigenvalue weighted by atomic mass is 32.1. The fourth-order valence-electron chi connectivity index (χ4n) is 3.32. The minimum absolute atomic E-state index is 0.256. The molecule has 0 aliphatic rings. The second kappa shape index (κ2) is 8.40. The minimum Gasteiger partial charge on any atom is -0.480 e. The Labute approximate surface area is 169 Å². The summed E-state index contributed by atoms with van der Waals surface area (Å²) in [6.07, 6.45) is 0.256. The van der Waals surface area contributed by atoms with Gasteiger partial charge in [0, 0.05) is 19.0 Å². The Kier molecular flexibility index (Phi) is 5.95. The number of carbonyl (C=O) groups excluding carboxylic acids is 1. The topological polar surface area (TPSA) is 57.6 Å². The molecule has 4 nitrogen and oxygen atoms in total. The number of carboxylic acid groups (broad SMARTS) is 1. The maximum Gasteiger partial charge on any atom is 0.326 e. The Hall–Kier alpha value is -2.92. The molecule has 0 bridgehead atoms. The van der Waals surface area contributed by atoms with Crippen LogP contribution in [0.2, 0.25) is 0 Å². The van der Waals surface area contributed by atoms with Gasteiger partial charge in [0.05, 0.1) is 0 Å². The molecule has 5 heteroatoms. The van der Waals surface area contributed by atoms with Crippen LogP contribution in [0.1, 0.15) is 27.0 Å². The Bertz CT molecular complexity index is 957. The van der Waals surface area contributed by atoms with E-state index in [9.17, 15) is 14.7 Å². The first kappa shape index (κ1) is 19.8. The number of nitrogens with zero attached hydrogens (tertiary/aromatic N) is 1. The maximum absolute atomic E-state index is 12.9. The third kappa shape index (κ3) is 4.49. The Morgan fingerprint density at radius 2 is 1.64 bits per heavy atom. The molecule has 2 aromatic carbocycles. The first-order chi connectivity index (χ1) is 13.3. The zero-order valence-electron chi connectivity index (χ0n) is 16.2. The average Bonchev–Trinajstić information content (AvgIpc) is 3.19. The van der Waals surface area contributed by atoms with Crippen molar-refractivity contribution in [1.29, 1.82) is 0 Å². The van der Waals surface area contributed by atoms with Gasteiger partial charge in [-0.15, -0.1) is 0 Å². The fraction of sp³-hybridized carbons (Fsp3) is 0.217. The number of rotatable bonds is 6. The predicted octanol–water partition coefficient (Wildman–Crippen LogP) is 4.80. The SMILES string of the molecule is Cc1cc(C)cc(C(=O)N(C)[C@@H](Cc2ccc(-c3ccsc3)cc2)C(=O)O)c1. The molecule has 1 atom stereocenters. The number of aliphatic carboxylic acids is 1. The highest BCUT2D eigenvalue weighted by molar-refractivity contribution is 7.08. The van der Waals surface area contributed by atoms with Gasteiger partial charge in [0.25, 0.3) is 5.91 Å². The van der Waals surface area contributed by atoms with Crippen LogP contribution in [0.3, 0.4) is 0 Å². The molecule has 0 radical (unpaired) electrons. The minimum atomic E-state index is -1.01. The number of benzene rings is 2. The number of aryl methyl sites for hydroxylation is 2. The molecule has 0 aliphatic carbocycles. The van der Waals surface area contributed by atoms with E-state index in [1.807, 2.05) is 49.6 Å². The lowest BCUT2D eigenvalue weighted by Gasteiger charge is -2.25. The Morgan fingerprint density at radius 1 is 1.00 bits per heavy atom. The summed E-state index contributed by atoms with van der Waals surface area (Å²) in [5, 5.41) is 13.8. The summed E-state index contributed by atoms with van der Waals surface area (Å²) in [6.45, 7) is 3.85. The van der Waals surface area contributed by atoms with Crippen LogP contribution < -0.4 is 0 Å². The molecule has 144 valence electrons. The van der Waals surface area contributed by atoms with Crippen LogP contribution in [0.4, 0.5) is 0 Å². The van der Waals surface area contributed by atoms with Gasteiger partial charge in [0.2, 0.25) is 0 Å². The van der Waals surface area contributed by atoms with Gasteiger partial charge in [-0.2, -0.15) is 11.3 Å². The number of thiophene rings is 1. The lowest BCUT2D eigenvalue weighted by atomic mass is 10.0. The van der Waals surface area contributed by atoms with Crippen LogP contribution in [0.25, 0.3) is 11.1 Å². The molecule has 1 amide bonds. The van der Waals surface area contributed by atoms with Crippen LogP contribution in [-0.2, 0) is 11.2 Å². The molecule has 0 unspecified atom stereocenters. The van der Waals surface area contributed by atoms with Crippen molar-refractivity contribution in [1.82, 2.24) is 4.90 Å². The average molecular weight is 394 g/mol. The van der Waals surface area contributed by atoms with Crippen molar-refractivity contribution in [2.45, 2.75) is 26.3 Å². The summed E-state index contributed by atoms with van der Waals surface area (Å²) in [6, 6.07) is 14.5. The van der Waals surface area contributed by atoms with Crippen molar-refractivity contribution in [2.75, 3.05) is 7.05 Å². The zero-order valence-corrected chi connectivity index (χ0v) is 17.0. The third-order valence-corrected chi connectivity index (χ3v) is 5.46. The highest BCUT2D eigenvalue weighted by Crippen LogP contribution is 2.23. The van der Waals surface area contributed by atoms with E-state index in [0.717, 1.165) is 27.8 Å². The van der Waals surface area contributed by atoms with Crippen molar-refractivity contribution >= 4 is 23.2 Å². The molecule has 0 fully saturated rings. The molecule has 1 heterocycles. The van der Waals surface area contributed by atoms with Crippen LogP contribution in [0.15, 0.2) is 59.3 Å². The van der Waals surface area contributed by atoms with Crippen molar-refractivity contribution in [3.05, 3.63) is 81.5 Å². The summed E-state index contributed by atoms with van der Waals surface area (Å²) in [5.41, 5.74) is 5.59. The van der Waals surface area contributed by atoms with Gasteiger partial charge in [-0.05, 0) is 59.5 Å². The predicted molar refractivity (Wildman–Crippen MR) is 113 cm³/mol. The highest BCUT2D eigenvalue weighted by Gasteiger charge is 2.27. The van der Waals surface area contributed by atoms with Gasteiger partial charge in [-0.1, -0.05) is 41.5 Å². The second-order valence-corrected chi connectivity index (χ2v) is 7.84. The number of amides is 1. The third-order valence-electron chi connectivity index (χ3n) is 4.78. The fourth-order valence-corrected chi connectivity index (χ4v) is 3.98. The first-order valence-corrected chi connectivity index (χ1v) is 9.99. The molecule has 28 heavy (non-hydrogen) atoms. The molecule has 0 saturated heterocycles. The molecular formula is C23H23NO3S. The van der Waals surface area contributed by atoms with Crippen molar-refractivity contribution < 1.29 is 14.7 Å².